The second kappa shape index (κ2) is 9.25. The van der Waals surface area contributed by atoms with Crippen molar-refractivity contribution in [3.63, 3.8) is 0 Å². The minimum Gasteiger partial charge on any atom is -0.491 e. The number of piperidine rings is 1. The van der Waals surface area contributed by atoms with Crippen LogP contribution in [0.25, 0.3) is 0 Å². The number of carbonyl (C=O) groups excluding carboxylic acids is 1. The van der Waals surface area contributed by atoms with Crippen molar-refractivity contribution in [3.8, 4) is 5.75 Å². The maximum absolute atomic E-state index is 11.7. The molecule has 0 spiro atoms. The number of benzene rings is 1. The summed E-state index contributed by atoms with van der Waals surface area (Å²) >= 11 is 5.98. The molecule has 0 radical (unpaired) electrons. The molecule has 5 nitrogen and oxygen atoms in total. The molecule has 0 aromatic heterocycles. The first kappa shape index (κ1) is 19.0. The van der Waals surface area contributed by atoms with E-state index in [4.69, 9.17) is 21.1 Å². The molecule has 1 heterocycles. The van der Waals surface area contributed by atoms with Crippen LogP contribution in [-0.2, 0) is 9.53 Å². The van der Waals surface area contributed by atoms with E-state index in [2.05, 4.69) is 4.90 Å². The van der Waals surface area contributed by atoms with Crippen molar-refractivity contribution in [2.24, 2.45) is 5.92 Å². The Morgan fingerprint density at radius 3 is 2.75 bits per heavy atom. The third-order valence-electron chi connectivity index (χ3n) is 4.25. The van der Waals surface area contributed by atoms with E-state index in [0.29, 0.717) is 23.9 Å². The van der Waals surface area contributed by atoms with Crippen LogP contribution in [0.1, 0.15) is 25.3 Å². The van der Waals surface area contributed by atoms with Gasteiger partial charge in [0, 0.05) is 11.6 Å². The van der Waals surface area contributed by atoms with Crippen LogP contribution >= 0.6 is 11.6 Å². The zero-order valence-corrected chi connectivity index (χ0v) is 15.1. The molecule has 1 aromatic rings. The highest BCUT2D eigenvalue weighted by Gasteiger charge is 2.26. The van der Waals surface area contributed by atoms with Crippen molar-refractivity contribution < 1.29 is 19.4 Å². The number of halogens is 1. The van der Waals surface area contributed by atoms with E-state index >= 15 is 0 Å². The van der Waals surface area contributed by atoms with Gasteiger partial charge in [0.25, 0.3) is 0 Å². The lowest BCUT2D eigenvalue weighted by atomic mass is 9.97. The van der Waals surface area contributed by atoms with Gasteiger partial charge in [-0.25, -0.2) is 0 Å². The van der Waals surface area contributed by atoms with Crippen molar-refractivity contribution in [3.05, 3.63) is 28.8 Å². The maximum atomic E-state index is 11.7. The molecule has 1 aliphatic heterocycles. The average Bonchev–Trinajstić information content (AvgIpc) is 2.57. The van der Waals surface area contributed by atoms with Crippen molar-refractivity contribution in [2.45, 2.75) is 32.8 Å². The summed E-state index contributed by atoms with van der Waals surface area (Å²) in [6, 6.07) is 5.45. The van der Waals surface area contributed by atoms with Gasteiger partial charge in [-0.05, 0) is 63.5 Å². The fourth-order valence-corrected chi connectivity index (χ4v) is 2.98. The summed E-state index contributed by atoms with van der Waals surface area (Å²) in [4.78, 5) is 13.9. The monoisotopic (exact) mass is 355 g/mol. The Bertz CT molecular complexity index is 544. The molecule has 1 aromatic carbocycles. The van der Waals surface area contributed by atoms with Crippen LogP contribution in [0.5, 0.6) is 5.75 Å². The topological polar surface area (TPSA) is 59.0 Å². The van der Waals surface area contributed by atoms with Gasteiger partial charge in [-0.1, -0.05) is 11.6 Å². The number of esters is 1. The molecule has 0 bridgehead atoms. The van der Waals surface area contributed by atoms with Gasteiger partial charge in [-0.2, -0.15) is 0 Å². The molecule has 24 heavy (non-hydrogen) atoms. The quantitative estimate of drug-likeness (QED) is 0.762. The third-order valence-corrected chi connectivity index (χ3v) is 4.67. The lowest BCUT2D eigenvalue weighted by Gasteiger charge is -2.32. The van der Waals surface area contributed by atoms with Gasteiger partial charge >= 0.3 is 5.97 Å². The number of β-amino-alcohol motifs (C(OH)–C–C–N with tert-alkyl or cyclic N) is 1. The van der Waals surface area contributed by atoms with E-state index in [0.717, 1.165) is 31.5 Å². The molecule has 0 saturated carbocycles. The number of hydrogen-bond acceptors (Lipinski definition) is 5. The van der Waals surface area contributed by atoms with E-state index in [1.807, 2.05) is 19.9 Å². The number of nitrogens with zero attached hydrogens (tertiary/aromatic N) is 1. The van der Waals surface area contributed by atoms with Crippen molar-refractivity contribution in [1.82, 2.24) is 4.90 Å². The second-order valence-electron chi connectivity index (χ2n) is 6.20. The number of hydrogen-bond donors (Lipinski definition) is 1. The number of aliphatic hydroxyl groups is 1. The van der Waals surface area contributed by atoms with E-state index in [9.17, 15) is 9.90 Å². The Hall–Kier alpha value is -1.30. The zero-order valence-electron chi connectivity index (χ0n) is 14.3. The summed E-state index contributed by atoms with van der Waals surface area (Å²) in [6.45, 7) is 6.53. The molecule has 2 rings (SSSR count). The summed E-state index contributed by atoms with van der Waals surface area (Å²) < 4.78 is 10.7. The highest BCUT2D eigenvalue weighted by Crippen LogP contribution is 2.22. The summed E-state index contributed by atoms with van der Waals surface area (Å²) in [6.07, 6.45) is 0.992. The van der Waals surface area contributed by atoms with Crippen LogP contribution in [0.3, 0.4) is 0 Å². The van der Waals surface area contributed by atoms with Crippen LogP contribution < -0.4 is 4.74 Å². The number of carbonyl (C=O) groups is 1. The van der Waals surface area contributed by atoms with E-state index in [1.54, 1.807) is 12.1 Å². The molecule has 134 valence electrons. The summed E-state index contributed by atoms with van der Waals surface area (Å²) in [5.74, 6) is 0.600. The Labute approximate surface area is 148 Å². The maximum Gasteiger partial charge on any atom is 0.309 e. The highest BCUT2D eigenvalue weighted by molar-refractivity contribution is 6.31. The highest BCUT2D eigenvalue weighted by atomic mass is 35.5. The fourth-order valence-electron chi connectivity index (χ4n) is 2.86. The molecular weight excluding hydrogens is 330 g/mol. The van der Waals surface area contributed by atoms with E-state index in [1.165, 1.54) is 0 Å². The smallest absolute Gasteiger partial charge is 0.309 e. The van der Waals surface area contributed by atoms with Gasteiger partial charge in [0.2, 0.25) is 0 Å². The Morgan fingerprint density at radius 2 is 2.12 bits per heavy atom. The number of aliphatic hydroxyl groups excluding tert-OH is 1. The van der Waals surface area contributed by atoms with Crippen LogP contribution in [-0.4, -0.2) is 54.9 Å². The first-order chi connectivity index (χ1) is 11.5. The summed E-state index contributed by atoms with van der Waals surface area (Å²) in [7, 11) is 0. The molecule has 1 N–H and O–H groups in total. The molecule has 1 fully saturated rings. The van der Waals surface area contributed by atoms with Crippen LogP contribution in [0.2, 0.25) is 5.02 Å². The van der Waals surface area contributed by atoms with Gasteiger partial charge in [0.05, 0.1) is 12.5 Å². The predicted molar refractivity (Wildman–Crippen MR) is 93.5 cm³/mol. The minimum atomic E-state index is -0.569. The van der Waals surface area contributed by atoms with Crippen LogP contribution in [0, 0.1) is 12.8 Å². The van der Waals surface area contributed by atoms with Crippen molar-refractivity contribution in [2.75, 3.05) is 32.8 Å². The third kappa shape index (κ3) is 5.65. The van der Waals surface area contributed by atoms with Crippen molar-refractivity contribution >= 4 is 17.6 Å². The van der Waals surface area contributed by atoms with Gasteiger partial charge in [0.1, 0.15) is 18.5 Å². The van der Waals surface area contributed by atoms with Gasteiger partial charge in [-0.15, -0.1) is 0 Å². The molecule has 0 unspecified atom stereocenters. The molecular formula is C18H26ClNO4. The van der Waals surface area contributed by atoms with E-state index < -0.39 is 6.10 Å². The van der Waals surface area contributed by atoms with Crippen molar-refractivity contribution in [1.29, 1.82) is 0 Å². The molecule has 1 aliphatic rings. The Morgan fingerprint density at radius 1 is 1.42 bits per heavy atom. The Balaban J connectivity index is 1.70. The first-order valence-electron chi connectivity index (χ1n) is 8.45. The molecule has 0 aliphatic carbocycles. The lowest BCUT2D eigenvalue weighted by Crippen LogP contribution is -2.42. The summed E-state index contributed by atoms with van der Waals surface area (Å²) in [5.41, 5.74) is 0.949. The number of rotatable bonds is 7. The SMILES string of the molecule is CCOC(=O)C1CCN(C[C@H](O)COc2ccc(Cl)c(C)c2)CC1. The van der Waals surface area contributed by atoms with Crippen LogP contribution in [0.15, 0.2) is 18.2 Å². The Kier molecular flexibility index (Phi) is 7.34. The number of likely N-dealkylation sites (tertiary alicyclic amines) is 1. The van der Waals surface area contributed by atoms with Gasteiger partial charge in [0.15, 0.2) is 0 Å². The van der Waals surface area contributed by atoms with Crippen LogP contribution in [0.4, 0.5) is 0 Å². The lowest BCUT2D eigenvalue weighted by molar-refractivity contribution is -0.149. The largest absolute Gasteiger partial charge is 0.491 e. The molecule has 0 amide bonds. The first-order valence-corrected chi connectivity index (χ1v) is 8.83. The molecule has 6 heteroatoms. The normalized spacial score (nSPS) is 17.5. The summed E-state index contributed by atoms with van der Waals surface area (Å²) in [5, 5.41) is 10.9. The van der Waals surface area contributed by atoms with E-state index in [-0.39, 0.29) is 18.5 Å². The average molecular weight is 356 g/mol. The molecule has 1 atom stereocenters. The zero-order chi connectivity index (χ0) is 17.5. The fraction of sp³-hybridized carbons (Fsp3) is 0.611. The standard InChI is InChI=1S/C18H26ClNO4/c1-3-23-18(22)14-6-8-20(9-7-14)11-15(21)12-24-16-4-5-17(19)13(2)10-16/h4-5,10,14-15,21H,3,6-9,11-12H2,1-2H3/t15-/m0/s1. The van der Waals surface area contributed by atoms with Gasteiger partial charge < -0.3 is 19.5 Å². The molecule has 1 saturated heterocycles. The predicted octanol–water partition coefficient (Wildman–Crippen LogP) is 2.66. The van der Waals surface area contributed by atoms with Gasteiger partial charge in [-0.3, -0.25) is 4.79 Å². The minimum absolute atomic E-state index is 0.00775. The number of aryl methyl sites for hydroxylation is 1. The number of ether oxygens (including phenoxy) is 2. The second-order valence-corrected chi connectivity index (χ2v) is 6.61.